The number of hydrogen-bond acceptors (Lipinski definition) is 2. The average molecular weight is 331 g/mol. The Bertz CT molecular complexity index is 877. The number of aryl methyl sites for hydroxylation is 1. The van der Waals surface area contributed by atoms with Crippen molar-refractivity contribution in [2.45, 2.75) is 6.92 Å². The summed E-state index contributed by atoms with van der Waals surface area (Å²) in [5.41, 5.74) is 3.19. The molecule has 3 rings (SSSR count). The number of hydrogen-bond donors (Lipinski definition) is 2. The van der Waals surface area contributed by atoms with Crippen LogP contribution in [0.15, 0.2) is 45.7 Å². The lowest BCUT2D eigenvalue weighted by Gasteiger charge is -2.05. The molecule has 0 aliphatic carbocycles. The Morgan fingerprint density at radius 1 is 1.10 bits per heavy atom. The third-order valence-corrected chi connectivity index (χ3v) is 3.78. The number of H-pyrrole nitrogens is 2. The van der Waals surface area contributed by atoms with Crippen molar-refractivity contribution in [2.24, 2.45) is 0 Å². The summed E-state index contributed by atoms with van der Waals surface area (Å²) < 4.78 is 0.659. The SMILES string of the molecule is Cc1cccc(C(=O)c2cc3[nH]c(=O)[nH]c3cc2Br)c1. The number of nitrogens with one attached hydrogen (secondary N) is 2. The maximum atomic E-state index is 12.5. The molecule has 0 radical (unpaired) electrons. The number of halogens is 1. The van der Waals surface area contributed by atoms with Gasteiger partial charge in [-0.05, 0) is 41.1 Å². The molecule has 0 amide bonds. The monoisotopic (exact) mass is 330 g/mol. The second-order valence-corrected chi connectivity index (χ2v) is 5.51. The van der Waals surface area contributed by atoms with Gasteiger partial charge in [0, 0.05) is 15.6 Å². The van der Waals surface area contributed by atoms with E-state index in [-0.39, 0.29) is 11.5 Å². The molecule has 0 bridgehead atoms. The molecular formula is C15H11BrN2O2. The van der Waals surface area contributed by atoms with Crippen LogP contribution in [0.25, 0.3) is 11.0 Å². The number of fused-ring (bicyclic) bond motifs is 1. The first-order valence-corrected chi connectivity index (χ1v) is 6.87. The van der Waals surface area contributed by atoms with Gasteiger partial charge < -0.3 is 9.97 Å². The van der Waals surface area contributed by atoms with E-state index in [4.69, 9.17) is 0 Å². The van der Waals surface area contributed by atoms with Gasteiger partial charge in [-0.3, -0.25) is 4.79 Å². The Morgan fingerprint density at radius 3 is 2.50 bits per heavy atom. The van der Waals surface area contributed by atoms with Crippen molar-refractivity contribution >= 4 is 32.7 Å². The first kappa shape index (κ1) is 12.9. The number of benzene rings is 2. The number of aromatic nitrogens is 2. The Hall–Kier alpha value is -2.14. The Labute approximate surface area is 123 Å². The van der Waals surface area contributed by atoms with Crippen LogP contribution in [0.5, 0.6) is 0 Å². The minimum atomic E-state index is -0.285. The van der Waals surface area contributed by atoms with Gasteiger partial charge in [0.25, 0.3) is 0 Å². The Morgan fingerprint density at radius 2 is 1.80 bits per heavy atom. The topological polar surface area (TPSA) is 65.7 Å². The zero-order valence-corrected chi connectivity index (χ0v) is 12.2. The van der Waals surface area contributed by atoms with Gasteiger partial charge in [-0.15, -0.1) is 0 Å². The van der Waals surface area contributed by atoms with E-state index >= 15 is 0 Å². The number of ketones is 1. The van der Waals surface area contributed by atoms with Crippen molar-refractivity contribution in [1.82, 2.24) is 9.97 Å². The highest BCUT2D eigenvalue weighted by molar-refractivity contribution is 9.10. The molecule has 0 saturated carbocycles. The summed E-state index contributed by atoms with van der Waals surface area (Å²) >= 11 is 3.39. The van der Waals surface area contributed by atoms with E-state index in [1.807, 2.05) is 25.1 Å². The number of rotatable bonds is 2. The minimum absolute atomic E-state index is 0.0791. The predicted octanol–water partition coefficient (Wildman–Crippen LogP) is 3.16. The van der Waals surface area contributed by atoms with Gasteiger partial charge in [0.2, 0.25) is 0 Å². The molecule has 0 spiro atoms. The van der Waals surface area contributed by atoms with E-state index in [2.05, 4.69) is 25.9 Å². The van der Waals surface area contributed by atoms with E-state index < -0.39 is 0 Å². The molecule has 0 saturated heterocycles. The lowest BCUT2D eigenvalue weighted by molar-refractivity contribution is 0.103. The average Bonchev–Trinajstić information content (AvgIpc) is 2.76. The second kappa shape index (κ2) is 4.76. The molecule has 3 aromatic rings. The molecule has 100 valence electrons. The first-order chi connectivity index (χ1) is 9.54. The molecule has 4 nitrogen and oxygen atoms in total. The summed E-state index contributed by atoms with van der Waals surface area (Å²) in [6, 6.07) is 10.8. The van der Waals surface area contributed by atoms with E-state index in [1.165, 1.54) is 0 Å². The summed E-state index contributed by atoms with van der Waals surface area (Å²) in [4.78, 5) is 29.1. The summed E-state index contributed by atoms with van der Waals surface area (Å²) in [7, 11) is 0. The highest BCUT2D eigenvalue weighted by Gasteiger charge is 2.14. The number of carbonyl (C=O) groups is 1. The molecular weight excluding hydrogens is 320 g/mol. The van der Waals surface area contributed by atoms with E-state index in [9.17, 15) is 9.59 Å². The van der Waals surface area contributed by atoms with Gasteiger partial charge in [0.15, 0.2) is 5.78 Å². The van der Waals surface area contributed by atoms with E-state index in [0.29, 0.717) is 26.6 Å². The van der Waals surface area contributed by atoms with Crippen LogP contribution in [0.1, 0.15) is 21.5 Å². The maximum Gasteiger partial charge on any atom is 0.323 e. The quantitative estimate of drug-likeness (QED) is 0.709. The Kier molecular flexibility index (Phi) is 3.06. The van der Waals surface area contributed by atoms with Crippen molar-refractivity contribution in [3.63, 3.8) is 0 Å². The molecule has 0 unspecified atom stereocenters. The minimum Gasteiger partial charge on any atom is -0.306 e. The molecule has 5 heteroatoms. The fraction of sp³-hybridized carbons (Fsp3) is 0.0667. The highest BCUT2D eigenvalue weighted by atomic mass is 79.9. The fourth-order valence-corrected chi connectivity index (χ4v) is 2.70. The Balaban J connectivity index is 2.16. The van der Waals surface area contributed by atoms with Crippen molar-refractivity contribution in [3.8, 4) is 0 Å². The lowest BCUT2D eigenvalue weighted by Crippen LogP contribution is -2.02. The molecule has 20 heavy (non-hydrogen) atoms. The molecule has 2 N–H and O–H groups in total. The van der Waals surface area contributed by atoms with Gasteiger partial charge in [0.1, 0.15) is 0 Å². The van der Waals surface area contributed by atoms with Crippen LogP contribution in [0.4, 0.5) is 0 Å². The van der Waals surface area contributed by atoms with Gasteiger partial charge in [-0.2, -0.15) is 0 Å². The van der Waals surface area contributed by atoms with Crippen molar-refractivity contribution < 1.29 is 4.79 Å². The van der Waals surface area contributed by atoms with E-state index in [0.717, 1.165) is 5.56 Å². The fourth-order valence-electron chi connectivity index (χ4n) is 2.17. The predicted molar refractivity (Wildman–Crippen MR) is 81.2 cm³/mol. The number of imidazole rings is 1. The van der Waals surface area contributed by atoms with Crippen LogP contribution in [0.3, 0.4) is 0 Å². The van der Waals surface area contributed by atoms with Crippen LogP contribution in [-0.2, 0) is 0 Å². The molecule has 0 fully saturated rings. The van der Waals surface area contributed by atoms with Gasteiger partial charge >= 0.3 is 5.69 Å². The van der Waals surface area contributed by atoms with Gasteiger partial charge in [0.05, 0.1) is 11.0 Å². The molecule has 1 aromatic heterocycles. The van der Waals surface area contributed by atoms with Crippen LogP contribution in [-0.4, -0.2) is 15.8 Å². The largest absolute Gasteiger partial charge is 0.323 e. The third kappa shape index (κ3) is 2.20. The smallest absolute Gasteiger partial charge is 0.306 e. The molecule has 0 aliphatic heterocycles. The van der Waals surface area contributed by atoms with Crippen molar-refractivity contribution in [1.29, 1.82) is 0 Å². The zero-order valence-electron chi connectivity index (χ0n) is 10.7. The summed E-state index contributed by atoms with van der Waals surface area (Å²) in [5, 5.41) is 0. The van der Waals surface area contributed by atoms with Crippen LogP contribution < -0.4 is 5.69 Å². The van der Waals surface area contributed by atoms with Gasteiger partial charge in [-0.1, -0.05) is 23.8 Å². The molecule has 0 aliphatic rings. The number of aromatic amines is 2. The highest BCUT2D eigenvalue weighted by Crippen LogP contribution is 2.24. The van der Waals surface area contributed by atoms with Crippen LogP contribution in [0, 0.1) is 6.92 Å². The maximum absolute atomic E-state index is 12.5. The molecule has 1 heterocycles. The third-order valence-electron chi connectivity index (χ3n) is 3.13. The molecule has 2 aromatic carbocycles. The summed E-state index contributed by atoms with van der Waals surface area (Å²) in [5.74, 6) is -0.0791. The standard InChI is InChI=1S/C15H11BrN2O2/c1-8-3-2-4-9(5-8)14(19)10-6-12-13(7-11(10)16)18-15(20)17-12/h2-7H,1H3,(H2,17,18,20). The second-order valence-electron chi connectivity index (χ2n) is 4.66. The first-order valence-electron chi connectivity index (χ1n) is 6.07. The van der Waals surface area contributed by atoms with Crippen molar-refractivity contribution in [2.75, 3.05) is 0 Å². The normalized spacial score (nSPS) is 10.9. The van der Waals surface area contributed by atoms with Crippen molar-refractivity contribution in [3.05, 3.63) is 68.0 Å². The molecule has 0 atom stereocenters. The van der Waals surface area contributed by atoms with Crippen LogP contribution in [0.2, 0.25) is 0 Å². The lowest BCUT2D eigenvalue weighted by atomic mass is 10.0. The summed E-state index contributed by atoms with van der Waals surface area (Å²) in [6.07, 6.45) is 0. The van der Waals surface area contributed by atoms with E-state index in [1.54, 1.807) is 18.2 Å². The number of carbonyl (C=O) groups excluding carboxylic acids is 1. The summed E-state index contributed by atoms with van der Waals surface area (Å²) in [6.45, 7) is 1.94. The van der Waals surface area contributed by atoms with Gasteiger partial charge in [-0.25, -0.2) is 4.79 Å². The van der Waals surface area contributed by atoms with Crippen LogP contribution >= 0.6 is 15.9 Å². The zero-order chi connectivity index (χ0) is 14.3.